The summed E-state index contributed by atoms with van der Waals surface area (Å²) in [5.41, 5.74) is 6.91. The van der Waals surface area contributed by atoms with E-state index >= 15 is 0 Å². The van der Waals surface area contributed by atoms with Crippen LogP contribution in [0.25, 0.3) is 0 Å². The molecule has 26 heavy (non-hydrogen) atoms. The second-order valence-electron chi connectivity index (χ2n) is 8.09. The predicted octanol–water partition coefficient (Wildman–Crippen LogP) is 2.54. The number of primary amides is 1. The lowest BCUT2D eigenvalue weighted by Crippen LogP contribution is -2.61. The summed E-state index contributed by atoms with van der Waals surface area (Å²) in [5, 5.41) is 0. The molecule has 3 aliphatic rings. The maximum atomic E-state index is 11.7. The Morgan fingerprint density at radius 3 is 2.62 bits per heavy atom. The zero-order valence-corrected chi connectivity index (χ0v) is 15.7. The van der Waals surface area contributed by atoms with Crippen molar-refractivity contribution in [3.05, 3.63) is 35.4 Å². The van der Waals surface area contributed by atoms with E-state index in [4.69, 9.17) is 15.2 Å². The van der Waals surface area contributed by atoms with Gasteiger partial charge in [0, 0.05) is 50.2 Å². The lowest BCUT2D eigenvalue weighted by molar-refractivity contribution is -0.179. The molecule has 0 radical (unpaired) electrons. The summed E-state index contributed by atoms with van der Waals surface area (Å²) >= 11 is 0. The van der Waals surface area contributed by atoms with E-state index in [-0.39, 0.29) is 11.5 Å². The molecule has 142 valence electrons. The van der Waals surface area contributed by atoms with Crippen molar-refractivity contribution >= 4 is 5.91 Å². The van der Waals surface area contributed by atoms with Gasteiger partial charge in [-0.05, 0) is 43.4 Å². The smallest absolute Gasteiger partial charge is 0.248 e. The fourth-order valence-electron chi connectivity index (χ4n) is 5.62. The van der Waals surface area contributed by atoms with Gasteiger partial charge in [-0.3, -0.25) is 9.69 Å². The third-order valence-electron chi connectivity index (χ3n) is 6.82. The molecule has 2 heterocycles. The van der Waals surface area contributed by atoms with Gasteiger partial charge >= 0.3 is 0 Å². The summed E-state index contributed by atoms with van der Waals surface area (Å²) in [5.74, 6) is 0.496. The second-order valence-corrected chi connectivity index (χ2v) is 8.09. The van der Waals surface area contributed by atoms with Gasteiger partial charge < -0.3 is 15.2 Å². The first kappa shape index (κ1) is 18.0. The molecule has 1 aromatic rings. The summed E-state index contributed by atoms with van der Waals surface area (Å²) in [6.07, 6.45) is 5.97. The molecule has 3 fully saturated rings. The Morgan fingerprint density at radius 2 is 2.00 bits per heavy atom. The molecule has 0 spiro atoms. The molecule has 0 aromatic heterocycles. The molecular weight excluding hydrogens is 328 g/mol. The summed E-state index contributed by atoms with van der Waals surface area (Å²) < 4.78 is 12.0. The topological polar surface area (TPSA) is 64.8 Å². The number of benzene rings is 1. The number of fused-ring (bicyclic) bond motifs is 2. The Hall–Kier alpha value is -1.43. The van der Waals surface area contributed by atoms with E-state index in [1.165, 1.54) is 12.8 Å². The summed E-state index contributed by atoms with van der Waals surface area (Å²) in [7, 11) is 1.83. The first-order valence-electron chi connectivity index (χ1n) is 9.92. The number of ether oxygens (including phenoxy) is 2. The first-order chi connectivity index (χ1) is 12.6. The molecule has 2 aliphatic heterocycles. The van der Waals surface area contributed by atoms with E-state index in [2.05, 4.69) is 11.0 Å². The standard InChI is InChI=1S/C21H30N2O3/c1-25-21(16-6-2-5-15(11-16)20(22)24)17-7-3-8-18(21)13-23(12-17)19-9-4-10-26-14-19/h2,5-6,11,17-19H,3-4,7-10,12-14H2,1H3,(H2,22,24)/t17?,18?,19-,21?/m0/s1. The molecule has 3 atom stereocenters. The maximum absolute atomic E-state index is 11.7. The highest BCUT2D eigenvalue weighted by Gasteiger charge is 2.54. The highest BCUT2D eigenvalue weighted by atomic mass is 16.5. The van der Waals surface area contributed by atoms with Crippen molar-refractivity contribution in [2.75, 3.05) is 33.4 Å². The number of piperidine rings is 1. The zero-order valence-electron chi connectivity index (χ0n) is 15.7. The molecule has 1 amide bonds. The average Bonchev–Trinajstić information content (AvgIpc) is 2.67. The van der Waals surface area contributed by atoms with Gasteiger partial charge in [-0.25, -0.2) is 0 Å². The van der Waals surface area contributed by atoms with Crippen LogP contribution in [0.5, 0.6) is 0 Å². The van der Waals surface area contributed by atoms with Crippen LogP contribution < -0.4 is 5.73 Å². The number of nitrogens with two attached hydrogens (primary N) is 1. The minimum absolute atomic E-state index is 0.310. The first-order valence-corrected chi connectivity index (χ1v) is 9.92. The Bertz CT molecular complexity index is 642. The van der Waals surface area contributed by atoms with Gasteiger partial charge in [0.05, 0.1) is 6.61 Å². The average molecular weight is 358 g/mol. The fourth-order valence-corrected chi connectivity index (χ4v) is 5.62. The number of hydrogen-bond donors (Lipinski definition) is 1. The molecule has 2 saturated heterocycles. The maximum Gasteiger partial charge on any atom is 0.248 e. The van der Waals surface area contributed by atoms with Gasteiger partial charge in [-0.2, -0.15) is 0 Å². The quantitative estimate of drug-likeness (QED) is 0.898. The van der Waals surface area contributed by atoms with E-state index in [1.807, 2.05) is 19.2 Å². The van der Waals surface area contributed by atoms with Gasteiger partial charge in [0.2, 0.25) is 5.91 Å². The second kappa shape index (κ2) is 7.29. The van der Waals surface area contributed by atoms with Gasteiger partial charge in [-0.1, -0.05) is 18.6 Å². The molecule has 5 heteroatoms. The van der Waals surface area contributed by atoms with Crippen molar-refractivity contribution in [2.24, 2.45) is 17.6 Å². The monoisotopic (exact) mass is 358 g/mol. The number of carbonyl (C=O) groups excluding carboxylic acids is 1. The molecule has 4 rings (SSSR count). The number of likely N-dealkylation sites (tertiary alicyclic amines) is 1. The van der Waals surface area contributed by atoms with Crippen molar-refractivity contribution in [3.63, 3.8) is 0 Å². The SMILES string of the molecule is COC1(c2cccc(C(N)=O)c2)C2CCCC1CN([C@H]1CCCOC1)C2. The molecule has 1 saturated carbocycles. The van der Waals surface area contributed by atoms with Crippen molar-refractivity contribution in [2.45, 2.75) is 43.7 Å². The highest BCUT2D eigenvalue weighted by molar-refractivity contribution is 5.92. The van der Waals surface area contributed by atoms with E-state index in [9.17, 15) is 4.79 Å². The number of carbonyl (C=O) groups is 1. The van der Waals surface area contributed by atoms with Crippen LogP contribution in [0, 0.1) is 11.8 Å². The van der Waals surface area contributed by atoms with Crippen molar-refractivity contribution in [1.82, 2.24) is 4.90 Å². The third kappa shape index (κ3) is 2.96. The molecule has 1 aromatic carbocycles. The Morgan fingerprint density at radius 1 is 1.23 bits per heavy atom. The van der Waals surface area contributed by atoms with Crippen LogP contribution in [0.15, 0.2) is 24.3 Å². The zero-order chi connectivity index (χ0) is 18.1. The molecule has 1 aliphatic carbocycles. The van der Waals surface area contributed by atoms with Gasteiger partial charge in [-0.15, -0.1) is 0 Å². The lowest BCUT2D eigenvalue weighted by Gasteiger charge is -2.57. The molecular formula is C21H30N2O3. The Kier molecular flexibility index (Phi) is 5.04. The van der Waals surface area contributed by atoms with E-state index in [1.54, 1.807) is 6.07 Å². The number of nitrogens with zero attached hydrogens (tertiary/aromatic N) is 1. The Labute approximate surface area is 155 Å². The number of amides is 1. The normalized spacial score (nSPS) is 35.2. The van der Waals surface area contributed by atoms with Gasteiger partial charge in [0.1, 0.15) is 5.60 Å². The Balaban J connectivity index is 1.66. The number of hydrogen-bond acceptors (Lipinski definition) is 4. The summed E-state index contributed by atoms with van der Waals surface area (Å²) in [4.78, 5) is 14.3. The largest absolute Gasteiger partial charge is 0.380 e. The minimum Gasteiger partial charge on any atom is -0.380 e. The van der Waals surface area contributed by atoms with Crippen LogP contribution in [0.2, 0.25) is 0 Å². The lowest BCUT2D eigenvalue weighted by atomic mass is 9.62. The van der Waals surface area contributed by atoms with E-state index < -0.39 is 0 Å². The van der Waals surface area contributed by atoms with Crippen molar-refractivity contribution in [1.29, 1.82) is 0 Å². The van der Waals surface area contributed by atoms with Gasteiger partial charge in [0.15, 0.2) is 0 Å². The third-order valence-corrected chi connectivity index (χ3v) is 6.82. The number of methoxy groups -OCH3 is 1. The molecule has 5 nitrogen and oxygen atoms in total. The summed E-state index contributed by atoms with van der Waals surface area (Å²) in [6, 6.07) is 8.34. The van der Waals surface area contributed by atoms with Crippen LogP contribution in [0.4, 0.5) is 0 Å². The highest BCUT2D eigenvalue weighted by Crippen LogP contribution is 2.52. The van der Waals surface area contributed by atoms with E-state index in [0.717, 1.165) is 51.1 Å². The minimum atomic E-state index is -0.375. The predicted molar refractivity (Wildman–Crippen MR) is 99.9 cm³/mol. The van der Waals surface area contributed by atoms with Crippen molar-refractivity contribution < 1.29 is 14.3 Å². The van der Waals surface area contributed by atoms with Gasteiger partial charge in [0.25, 0.3) is 0 Å². The van der Waals surface area contributed by atoms with Crippen LogP contribution >= 0.6 is 0 Å². The van der Waals surface area contributed by atoms with Crippen LogP contribution in [0.3, 0.4) is 0 Å². The number of rotatable bonds is 4. The molecule has 2 bridgehead atoms. The van der Waals surface area contributed by atoms with E-state index in [0.29, 0.717) is 23.4 Å². The molecule has 2 unspecified atom stereocenters. The fraction of sp³-hybridized carbons (Fsp3) is 0.667. The van der Waals surface area contributed by atoms with Crippen molar-refractivity contribution in [3.8, 4) is 0 Å². The van der Waals surface area contributed by atoms with Crippen LogP contribution in [0.1, 0.15) is 48.0 Å². The summed E-state index contributed by atoms with van der Waals surface area (Å²) in [6.45, 7) is 3.84. The van der Waals surface area contributed by atoms with Crippen LogP contribution in [-0.4, -0.2) is 50.3 Å². The molecule has 2 N–H and O–H groups in total. The van der Waals surface area contributed by atoms with Crippen LogP contribution in [-0.2, 0) is 15.1 Å².